The van der Waals surface area contributed by atoms with Gasteiger partial charge < -0.3 is 10.2 Å². The minimum Gasteiger partial charge on any atom is -0.350 e. The Morgan fingerprint density at radius 2 is 2.04 bits per heavy atom. The van der Waals surface area contributed by atoms with Gasteiger partial charge in [-0.25, -0.2) is 9.37 Å². The largest absolute Gasteiger partial charge is 0.350 e. The number of halogens is 1. The van der Waals surface area contributed by atoms with Gasteiger partial charge >= 0.3 is 0 Å². The highest BCUT2D eigenvalue weighted by atomic mass is 32.2. The summed E-state index contributed by atoms with van der Waals surface area (Å²) in [5.74, 6) is 0.298. The number of aromatic amines is 1. The summed E-state index contributed by atoms with van der Waals surface area (Å²) in [6.07, 6.45) is 1.47. The van der Waals surface area contributed by atoms with Crippen LogP contribution in [-0.2, 0) is 5.75 Å². The number of nitrogens with one attached hydrogen (secondary N) is 2. The number of H-pyrrole nitrogens is 1. The third kappa shape index (κ3) is 5.40. The topological polar surface area (TPSA) is 73.9 Å². The molecule has 0 saturated heterocycles. The van der Waals surface area contributed by atoms with E-state index >= 15 is 0 Å². The lowest BCUT2D eigenvalue weighted by atomic mass is 10.1. The summed E-state index contributed by atoms with van der Waals surface area (Å²) in [6, 6.07) is 13.8. The van der Waals surface area contributed by atoms with Crippen LogP contribution in [0, 0.1) is 5.82 Å². The molecular weight excluding hydrogens is 377 g/mol. The minimum absolute atomic E-state index is 0.114. The van der Waals surface area contributed by atoms with Gasteiger partial charge in [-0.05, 0) is 49.5 Å². The number of amides is 1. The Hall–Kier alpha value is -2.71. The second-order valence-corrected chi connectivity index (χ2v) is 7.48. The number of hydrogen-bond donors (Lipinski definition) is 2. The number of carbonyl (C=O) groups is 1. The van der Waals surface area contributed by atoms with Crippen molar-refractivity contribution in [3.8, 4) is 0 Å². The number of hydrogen-bond acceptors (Lipinski definition) is 5. The molecule has 1 heterocycles. The first-order valence-corrected chi connectivity index (χ1v) is 9.78. The summed E-state index contributed by atoms with van der Waals surface area (Å²) >= 11 is 1.54. The molecule has 2 aromatic carbocycles. The van der Waals surface area contributed by atoms with E-state index in [0.29, 0.717) is 12.1 Å². The van der Waals surface area contributed by atoms with Crippen molar-refractivity contribution in [2.45, 2.75) is 17.0 Å². The highest BCUT2D eigenvalue weighted by Gasteiger charge is 2.16. The van der Waals surface area contributed by atoms with Crippen molar-refractivity contribution in [3.05, 3.63) is 77.4 Å². The maximum atomic E-state index is 13.5. The Kier molecular flexibility index (Phi) is 6.78. The first kappa shape index (κ1) is 20.0. The number of thioether (sulfide) groups is 1. The molecule has 0 bridgehead atoms. The van der Waals surface area contributed by atoms with Crippen LogP contribution in [0.2, 0.25) is 0 Å². The maximum absolute atomic E-state index is 13.5. The smallest absolute Gasteiger partial charge is 0.251 e. The van der Waals surface area contributed by atoms with Gasteiger partial charge in [0.05, 0.1) is 6.04 Å². The summed E-state index contributed by atoms with van der Waals surface area (Å²) < 4.78 is 13.5. The average Bonchev–Trinajstić information content (AvgIpc) is 3.20. The van der Waals surface area contributed by atoms with Gasteiger partial charge in [-0.2, -0.15) is 5.10 Å². The van der Waals surface area contributed by atoms with Crippen LogP contribution in [-0.4, -0.2) is 46.6 Å². The Morgan fingerprint density at radius 1 is 1.25 bits per heavy atom. The SMILES string of the molecule is CN(C)[C@@H](CNC(=O)c1ccc(CSc2ncn[nH]2)cc1)c1cccc(F)c1. The molecule has 1 amide bonds. The van der Waals surface area contributed by atoms with E-state index in [2.05, 4.69) is 20.5 Å². The van der Waals surface area contributed by atoms with Crippen molar-refractivity contribution in [2.24, 2.45) is 0 Å². The maximum Gasteiger partial charge on any atom is 0.251 e. The Morgan fingerprint density at radius 3 is 2.68 bits per heavy atom. The monoisotopic (exact) mass is 399 g/mol. The van der Waals surface area contributed by atoms with Gasteiger partial charge in [-0.3, -0.25) is 9.89 Å². The number of aromatic nitrogens is 3. The summed E-state index contributed by atoms with van der Waals surface area (Å²) in [4.78, 5) is 18.5. The van der Waals surface area contributed by atoms with E-state index in [9.17, 15) is 9.18 Å². The van der Waals surface area contributed by atoms with Crippen LogP contribution < -0.4 is 5.32 Å². The van der Waals surface area contributed by atoms with Crippen molar-refractivity contribution in [1.82, 2.24) is 25.4 Å². The molecule has 0 fully saturated rings. The van der Waals surface area contributed by atoms with Gasteiger partial charge in [0.25, 0.3) is 5.91 Å². The van der Waals surface area contributed by atoms with Crippen molar-refractivity contribution in [3.63, 3.8) is 0 Å². The lowest BCUT2D eigenvalue weighted by Crippen LogP contribution is -2.34. The summed E-state index contributed by atoms with van der Waals surface area (Å²) in [5.41, 5.74) is 2.50. The predicted octanol–water partition coefficient (Wildman–Crippen LogP) is 3.27. The molecule has 0 radical (unpaired) electrons. The number of rotatable bonds is 8. The molecule has 2 N–H and O–H groups in total. The third-order valence-corrected chi connectivity index (χ3v) is 5.25. The molecule has 6 nitrogen and oxygen atoms in total. The molecule has 28 heavy (non-hydrogen) atoms. The lowest BCUT2D eigenvalue weighted by Gasteiger charge is -2.25. The average molecular weight is 399 g/mol. The fraction of sp³-hybridized carbons (Fsp3) is 0.250. The number of nitrogens with zero attached hydrogens (tertiary/aromatic N) is 3. The van der Waals surface area contributed by atoms with Gasteiger partial charge in [0.1, 0.15) is 12.1 Å². The number of likely N-dealkylation sites (N-methyl/N-ethyl adjacent to an activating group) is 1. The normalized spacial score (nSPS) is 12.1. The van der Waals surface area contributed by atoms with E-state index in [1.54, 1.807) is 30.0 Å². The molecule has 0 spiro atoms. The molecule has 0 aliphatic carbocycles. The van der Waals surface area contributed by atoms with E-state index in [-0.39, 0.29) is 17.8 Å². The molecule has 0 saturated carbocycles. The molecule has 146 valence electrons. The zero-order valence-electron chi connectivity index (χ0n) is 15.7. The molecule has 0 aliphatic rings. The zero-order chi connectivity index (χ0) is 19.9. The van der Waals surface area contributed by atoms with E-state index in [0.717, 1.165) is 22.0 Å². The summed E-state index contributed by atoms with van der Waals surface area (Å²) in [5, 5.41) is 10.3. The molecular formula is C20H22FN5OS. The van der Waals surface area contributed by atoms with E-state index in [1.165, 1.54) is 18.5 Å². The fourth-order valence-electron chi connectivity index (χ4n) is 2.77. The van der Waals surface area contributed by atoms with Crippen LogP contribution in [0.1, 0.15) is 27.5 Å². The van der Waals surface area contributed by atoms with E-state index in [4.69, 9.17) is 0 Å². The molecule has 3 aromatic rings. The molecule has 1 aromatic heterocycles. The van der Waals surface area contributed by atoms with Crippen LogP contribution >= 0.6 is 11.8 Å². The van der Waals surface area contributed by atoms with Crippen molar-refractivity contribution in [1.29, 1.82) is 0 Å². The Bertz CT molecular complexity index is 899. The van der Waals surface area contributed by atoms with Crippen LogP contribution in [0.15, 0.2) is 60.0 Å². The fourth-order valence-corrected chi connectivity index (χ4v) is 3.51. The Labute approximate surface area is 167 Å². The van der Waals surface area contributed by atoms with Crippen LogP contribution in [0.3, 0.4) is 0 Å². The van der Waals surface area contributed by atoms with E-state index < -0.39 is 0 Å². The van der Waals surface area contributed by atoms with Crippen molar-refractivity contribution >= 4 is 17.7 Å². The van der Waals surface area contributed by atoms with Gasteiger partial charge in [0.15, 0.2) is 5.16 Å². The number of carbonyl (C=O) groups excluding carboxylic acids is 1. The first-order valence-electron chi connectivity index (χ1n) is 8.80. The molecule has 3 rings (SSSR count). The predicted molar refractivity (Wildman–Crippen MR) is 108 cm³/mol. The standard InChI is InChI=1S/C20H22FN5OS/c1-26(2)18(16-4-3-5-17(21)10-16)11-22-19(27)15-8-6-14(7-9-15)12-28-20-23-13-24-25-20/h3-10,13,18H,11-12H2,1-2H3,(H,22,27)(H,23,24,25)/t18-/m0/s1. The third-order valence-electron chi connectivity index (χ3n) is 4.30. The summed E-state index contributed by atoms with van der Waals surface area (Å²) in [7, 11) is 3.81. The molecule has 0 unspecified atom stereocenters. The van der Waals surface area contributed by atoms with Crippen LogP contribution in [0.5, 0.6) is 0 Å². The van der Waals surface area contributed by atoms with Crippen molar-refractivity contribution in [2.75, 3.05) is 20.6 Å². The highest BCUT2D eigenvalue weighted by molar-refractivity contribution is 7.98. The Balaban J connectivity index is 1.57. The second-order valence-electron chi connectivity index (χ2n) is 6.52. The van der Waals surface area contributed by atoms with E-state index in [1.807, 2.05) is 37.2 Å². The minimum atomic E-state index is -0.283. The lowest BCUT2D eigenvalue weighted by molar-refractivity contribution is 0.0942. The molecule has 1 atom stereocenters. The second kappa shape index (κ2) is 9.48. The first-order chi connectivity index (χ1) is 13.5. The number of benzene rings is 2. The molecule has 8 heteroatoms. The van der Waals surface area contributed by atoms with Gasteiger partial charge in [0, 0.05) is 17.9 Å². The van der Waals surface area contributed by atoms with Gasteiger partial charge in [-0.1, -0.05) is 36.0 Å². The molecule has 0 aliphatic heterocycles. The van der Waals surface area contributed by atoms with Crippen LogP contribution in [0.25, 0.3) is 0 Å². The van der Waals surface area contributed by atoms with Gasteiger partial charge in [-0.15, -0.1) is 0 Å². The zero-order valence-corrected chi connectivity index (χ0v) is 16.5. The van der Waals surface area contributed by atoms with Crippen molar-refractivity contribution < 1.29 is 9.18 Å². The summed E-state index contributed by atoms with van der Waals surface area (Å²) in [6.45, 7) is 0.387. The quantitative estimate of drug-likeness (QED) is 0.569. The van der Waals surface area contributed by atoms with Gasteiger partial charge in [0.2, 0.25) is 0 Å². The highest BCUT2D eigenvalue weighted by Crippen LogP contribution is 2.20. The van der Waals surface area contributed by atoms with Crippen LogP contribution in [0.4, 0.5) is 4.39 Å².